The van der Waals surface area contributed by atoms with Gasteiger partial charge in [0.1, 0.15) is 6.26 Å². The predicted octanol–water partition coefficient (Wildman–Crippen LogP) is 2.63. The van der Waals surface area contributed by atoms with Crippen LogP contribution in [-0.4, -0.2) is 20.8 Å². The number of oxazole rings is 1. The Balaban J connectivity index is 2.21. The van der Waals surface area contributed by atoms with Gasteiger partial charge in [0.05, 0.1) is 22.1 Å². The van der Waals surface area contributed by atoms with E-state index in [1.807, 2.05) is 13.8 Å². The summed E-state index contributed by atoms with van der Waals surface area (Å²) >= 11 is 6.09. The van der Waals surface area contributed by atoms with Gasteiger partial charge in [-0.05, 0) is 13.8 Å². The maximum atomic E-state index is 6.09. The van der Waals surface area contributed by atoms with Gasteiger partial charge in [0.25, 0.3) is 0 Å². The summed E-state index contributed by atoms with van der Waals surface area (Å²) in [6.07, 6.45) is 1.63. The Morgan fingerprint density at radius 3 is 2.72 bits per heavy atom. The van der Waals surface area contributed by atoms with Crippen molar-refractivity contribution in [3.63, 3.8) is 0 Å². The SMILES string of the molecule is Cc1nn(-c2nc(CNC(C)C)co2)c(C)c1Cl. The molecule has 0 saturated heterocycles. The first-order valence-corrected chi connectivity index (χ1v) is 6.26. The van der Waals surface area contributed by atoms with E-state index in [9.17, 15) is 0 Å². The van der Waals surface area contributed by atoms with E-state index in [0.717, 1.165) is 17.1 Å². The molecule has 0 bridgehead atoms. The summed E-state index contributed by atoms with van der Waals surface area (Å²) in [7, 11) is 0. The van der Waals surface area contributed by atoms with E-state index in [1.54, 1.807) is 10.9 Å². The molecule has 2 aromatic heterocycles. The molecule has 0 radical (unpaired) electrons. The standard InChI is InChI=1S/C12H17ClN4O/c1-7(2)14-5-10-6-18-12(15-10)17-9(4)11(13)8(3)16-17/h6-7,14H,5H2,1-4H3. The second-order valence-corrected chi connectivity index (χ2v) is 4.93. The van der Waals surface area contributed by atoms with Gasteiger partial charge in [0.15, 0.2) is 0 Å². The van der Waals surface area contributed by atoms with Gasteiger partial charge in [-0.1, -0.05) is 25.4 Å². The van der Waals surface area contributed by atoms with Crippen LogP contribution in [0, 0.1) is 13.8 Å². The topological polar surface area (TPSA) is 55.9 Å². The Labute approximate surface area is 111 Å². The van der Waals surface area contributed by atoms with Crippen molar-refractivity contribution in [3.05, 3.63) is 28.4 Å². The summed E-state index contributed by atoms with van der Waals surface area (Å²) in [5, 5.41) is 8.22. The van der Waals surface area contributed by atoms with Crippen LogP contribution < -0.4 is 5.32 Å². The molecule has 5 nitrogen and oxygen atoms in total. The van der Waals surface area contributed by atoms with Crippen molar-refractivity contribution < 1.29 is 4.42 Å². The van der Waals surface area contributed by atoms with E-state index in [2.05, 4.69) is 29.2 Å². The molecular weight excluding hydrogens is 252 g/mol. The number of rotatable bonds is 4. The van der Waals surface area contributed by atoms with Crippen LogP contribution in [0.15, 0.2) is 10.7 Å². The number of nitrogens with one attached hydrogen (secondary N) is 1. The van der Waals surface area contributed by atoms with Crippen LogP contribution >= 0.6 is 11.6 Å². The average Bonchev–Trinajstić information content (AvgIpc) is 2.87. The molecule has 18 heavy (non-hydrogen) atoms. The molecular formula is C12H17ClN4O. The van der Waals surface area contributed by atoms with Gasteiger partial charge in [-0.25, -0.2) is 0 Å². The molecule has 0 spiro atoms. The van der Waals surface area contributed by atoms with Crippen LogP contribution in [0.1, 0.15) is 30.9 Å². The number of hydrogen-bond donors (Lipinski definition) is 1. The Morgan fingerprint density at radius 2 is 2.17 bits per heavy atom. The molecule has 6 heteroatoms. The van der Waals surface area contributed by atoms with Gasteiger partial charge in [0, 0.05) is 12.6 Å². The third-order valence-electron chi connectivity index (χ3n) is 2.62. The van der Waals surface area contributed by atoms with Crippen LogP contribution in [0.4, 0.5) is 0 Å². The minimum atomic E-state index is 0.410. The van der Waals surface area contributed by atoms with Gasteiger partial charge in [-0.3, -0.25) is 0 Å². The van der Waals surface area contributed by atoms with Crippen molar-refractivity contribution in [1.29, 1.82) is 0 Å². The van der Waals surface area contributed by atoms with Crippen LogP contribution in [0.3, 0.4) is 0 Å². The summed E-state index contributed by atoms with van der Waals surface area (Å²) < 4.78 is 7.04. The fourth-order valence-corrected chi connectivity index (χ4v) is 1.71. The first kappa shape index (κ1) is 13.1. The maximum absolute atomic E-state index is 6.09. The second kappa shape index (κ2) is 5.12. The highest BCUT2D eigenvalue weighted by Crippen LogP contribution is 2.21. The molecule has 2 rings (SSSR count). The smallest absolute Gasteiger partial charge is 0.323 e. The molecule has 0 aliphatic rings. The predicted molar refractivity (Wildman–Crippen MR) is 70.1 cm³/mol. The van der Waals surface area contributed by atoms with Crippen molar-refractivity contribution in [3.8, 4) is 6.01 Å². The van der Waals surface area contributed by atoms with Gasteiger partial charge < -0.3 is 9.73 Å². The normalized spacial score (nSPS) is 11.4. The monoisotopic (exact) mass is 268 g/mol. The highest BCUT2D eigenvalue weighted by Gasteiger charge is 2.14. The van der Waals surface area contributed by atoms with Crippen molar-refractivity contribution in [2.45, 2.75) is 40.3 Å². The first-order valence-electron chi connectivity index (χ1n) is 5.89. The molecule has 2 aromatic rings. The fourth-order valence-electron chi connectivity index (χ4n) is 1.59. The lowest BCUT2D eigenvalue weighted by atomic mass is 10.4. The molecule has 0 aromatic carbocycles. The van der Waals surface area contributed by atoms with E-state index in [4.69, 9.17) is 16.0 Å². The summed E-state index contributed by atoms with van der Waals surface area (Å²) in [6, 6.07) is 0.858. The second-order valence-electron chi connectivity index (χ2n) is 4.55. The lowest BCUT2D eigenvalue weighted by Crippen LogP contribution is -2.22. The first-order chi connectivity index (χ1) is 8.49. The number of hydrogen-bond acceptors (Lipinski definition) is 4. The minimum absolute atomic E-state index is 0.410. The van der Waals surface area contributed by atoms with Crippen LogP contribution in [0.25, 0.3) is 6.01 Å². The largest absolute Gasteiger partial charge is 0.430 e. The van der Waals surface area contributed by atoms with Crippen molar-refractivity contribution >= 4 is 11.6 Å². The van der Waals surface area contributed by atoms with Gasteiger partial charge in [-0.15, -0.1) is 0 Å². The molecule has 0 saturated carbocycles. The van der Waals surface area contributed by atoms with Crippen molar-refractivity contribution in [2.75, 3.05) is 0 Å². The summed E-state index contributed by atoms with van der Waals surface area (Å²) in [4.78, 5) is 4.38. The molecule has 0 amide bonds. The Morgan fingerprint density at radius 1 is 1.44 bits per heavy atom. The number of aryl methyl sites for hydroxylation is 1. The number of nitrogens with zero attached hydrogens (tertiary/aromatic N) is 3. The zero-order valence-electron chi connectivity index (χ0n) is 11.0. The molecule has 0 aliphatic carbocycles. The molecule has 0 atom stereocenters. The lowest BCUT2D eigenvalue weighted by Gasteiger charge is -2.04. The van der Waals surface area contributed by atoms with Gasteiger partial charge >= 0.3 is 6.01 Å². The Hall–Kier alpha value is -1.33. The molecule has 0 fully saturated rings. The summed E-state index contributed by atoms with van der Waals surface area (Å²) in [6.45, 7) is 8.59. The van der Waals surface area contributed by atoms with Crippen molar-refractivity contribution in [1.82, 2.24) is 20.1 Å². The number of halogens is 1. The van der Waals surface area contributed by atoms with E-state index in [-0.39, 0.29) is 0 Å². The van der Waals surface area contributed by atoms with Crippen LogP contribution in [0.5, 0.6) is 0 Å². The van der Waals surface area contributed by atoms with Gasteiger partial charge in [0.2, 0.25) is 0 Å². The molecule has 2 heterocycles. The maximum Gasteiger partial charge on any atom is 0.323 e. The molecule has 98 valence electrons. The van der Waals surface area contributed by atoms with Crippen LogP contribution in [0.2, 0.25) is 5.02 Å². The third-order valence-corrected chi connectivity index (χ3v) is 3.16. The minimum Gasteiger partial charge on any atom is -0.430 e. The highest BCUT2D eigenvalue weighted by molar-refractivity contribution is 6.31. The average molecular weight is 269 g/mol. The third kappa shape index (κ3) is 2.57. The van der Waals surface area contributed by atoms with E-state index < -0.39 is 0 Å². The molecule has 0 aliphatic heterocycles. The summed E-state index contributed by atoms with van der Waals surface area (Å²) in [5.74, 6) is 0. The summed E-state index contributed by atoms with van der Waals surface area (Å²) in [5.41, 5.74) is 2.45. The Bertz CT molecular complexity index is 544. The zero-order valence-corrected chi connectivity index (χ0v) is 11.7. The Kier molecular flexibility index (Phi) is 3.73. The van der Waals surface area contributed by atoms with Gasteiger partial charge in [-0.2, -0.15) is 14.8 Å². The molecule has 1 N–H and O–H groups in total. The fraction of sp³-hybridized carbons (Fsp3) is 0.500. The molecule has 0 unspecified atom stereocenters. The highest BCUT2D eigenvalue weighted by atomic mass is 35.5. The van der Waals surface area contributed by atoms with Crippen molar-refractivity contribution in [2.24, 2.45) is 0 Å². The quantitative estimate of drug-likeness (QED) is 0.926. The van der Waals surface area contributed by atoms with E-state index >= 15 is 0 Å². The van der Waals surface area contributed by atoms with E-state index in [0.29, 0.717) is 23.6 Å². The number of aromatic nitrogens is 3. The van der Waals surface area contributed by atoms with Crippen LogP contribution in [-0.2, 0) is 6.54 Å². The van der Waals surface area contributed by atoms with E-state index in [1.165, 1.54) is 0 Å². The zero-order chi connectivity index (χ0) is 13.3. The lowest BCUT2D eigenvalue weighted by molar-refractivity contribution is 0.503.